The molecule has 0 bridgehead atoms. The van der Waals surface area contributed by atoms with Crippen LogP contribution in [-0.2, 0) is 0 Å². The topological polar surface area (TPSA) is 116 Å². The number of carboxylic acids is 1. The number of hydrogen-bond donors (Lipinski definition) is 2. The molecule has 0 saturated carbocycles. The third-order valence-electron chi connectivity index (χ3n) is 2.56. The summed E-state index contributed by atoms with van der Waals surface area (Å²) in [6.07, 6.45) is 2.16. The quantitative estimate of drug-likeness (QED) is 0.852. The van der Waals surface area contributed by atoms with Gasteiger partial charge < -0.3 is 10.1 Å². The van der Waals surface area contributed by atoms with Gasteiger partial charge in [0.1, 0.15) is 16.3 Å². The number of hydrogen-bond acceptors (Lipinski definition) is 6. The molecule has 2 aromatic heterocycles. The van der Waals surface area contributed by atoms with Gasteiger partial charge in [-0.3, -0.25) is 14.5 Å². The summed E-state index contributed by atoms with van der Waals surface area (Å²) in [5, 5.41) is 9.35. The lowest BCUT2D eigenvalue weighted by atomic mass is 10.2. The Kier molecular flexibility index (Phi) is 3.61. The van der Waals surface area contributed by atoms with Crippen LogP contribution in [0.5, 0.6) is 0 Å². The van der Waals surface area contributed by atoms with Crippen molar-refractivity contribution in [2.24, 2.45) is 0 Å². The first-order valence-corrected chi connectivity index (χ1v) is 6.21. The molecular weight excluding hydrogens is 284 g/mol. The molecule has 0 aliphatic carbocycles. The number of aryl methyl sites for hydroxylation is 1. The van der Waals surface area contributed by atoms with Crippen LogP contribution in [0.25, 0.3) is 0 Å². The zero-order chi connectivity index (χ0) is 14.9. The Morgan fingerprint density at radius 3 is 2.70 bits per heavy atom. The minimum atomic E-state index is -1.15. The van der Waals surface area contributed by atoms with Crippen molar-refractivity contribution in [2.45, 2.75) is 6.92 Å². The summed E-state index contributed by atoms with van der Waals surface area (Å²) in [4.78, 5) is 41.4. The number of carbonyl (C=O) groups is 2. The molecule has 0 radical (unpaired) electrons. The first kappa shape index (κ1) is 13.9. The van der Waals surface area contributed by atoms with Gasteiger partial charge in [0.05, 0.1) is 11.9 Å². The zero-order valence-electron chi connectivity index (χ0n) is 10.6. The highest BCUT2D eigenvalue weighted by atomic mass is 32.1. The Balaban J connectivity index is 2.39. The summed E-state index contributed by atoms with van der Waals surface area (Å²) in [7, 11) is 1.43. The van der Waals surface area contributed by atoms with E-state index in [1.54, 1.807) is 6.92 Å². The number of rotatable bonds is 3. The molecule has 0 spiro atoms. The van der Waals surface area contributed by atoms with Gasteiger partial charge in [-0.1, -0.05) is 0 Å². The number of anilines is 1. The van der Waals surface area contributed by atoms with Gasteiger partial charge >= 0.3 is 5.97 Å². The average Bonchev–Trinajstić information content (AvgIpc) is 2.80. The van der Waals surface area contributed by atoms with Gasteiger partial charge in [0.15, 0.2) is 0 Å². The number of amides is 1. The maximum Gasteiger partial charge on any atom is 0.340 e. The van der Waals surface area contributed by atoms with E-state index < -0.39 is 17.4 Å². The molecule has 0 aromatic carbocycles. The fraction of sp³-hybridized carbons (Fsp3) is 0.182. The normalized spacial score (nSPS) is 10.3. The Bertz CT molecular complexity index is 716. The predicted octanol–water partition coefficient (Wildman–Crippen LogP) is 0.510. The Morgan fingerprint density at radius 2 is 2.15 bits per heavy atom. The molecule has 8 nitrogen and oxygen atoms in total. The summed E-state index contributed by atoms with van der Waals surface area (Å²) in [5.41, 5.74) is -0.0968. The fourth-order valence-electron chi connectivity index (χ4n) is 1.56. The SMILES string of the molecule is Cc1nsc(N(C)C(=O)c2c[nH]c(=O)cn2)c1C(=O)O. The number of nitrogens with one attached hydrogen (secondary N) is 1. The molecular formula is C11H10N4O4S. The second-order valence-electron chi connectivity index (χ2n) is 3.91. The van der Waals surface area contributed by atoms with Gasteiger partial charge in [-0.25, -0.2) is 9.78 Å². The number of nitrogens with zero attached hydrogens (tertiary/aromatic N) is 3. The molecule has 0 unspecified atom stereocenters. The van der Waals surface area contributed by atoms with E-state index in [9.17, 15) is 14.4 Å². The van der Waals surface area contributed by atoms with Gasteiger partial charge in [-0.2, -0.15) is 4.37 Å². The molecule has 0 saturated heterocycles. The van der Waals surface area contributed by atoms with Crippen molar-refractivity contribution in [2.75, 3.05) is 11.9 Å². The summed E-state index contributed by atoms with van der Waals surface area (Å²) in [6, 6.07) is 0. The van der Waals surface area contributed by atoms with Crippen LogP contribution in [0.15, 0.2) is 17.2 Å². The average molecular weight is 294 g/mol. The lowest BCUT2D eigenvalue weighted by molar-refractivity contribution is 0.0697. The number of aromatic amines is 1. The molecule has 2 aromatic rings. The van der Waals surface area contributed by atoms with E-state index >= 15 is 0 Å². The Hall–Kier alpha value is -2.55. The molecule has 0 aliphatic heterocycles. The van der Waals surface area contributed by atoms with Crippen LogP contribution in [0.4, 0.5) is 5.00 Å². The minimum Gasteiger partial charge on any atom is -0.478 e. The van der Waals surface area contributed by atoms with E-state index in [1.807, 2.05) is 0 Å². The van der Waals surface area contributed by atoms with Crippen molar-refractivity contribution >= 4 is 28.4 Å². The number of carbonyl (C=O) groups excluding carboxylic acids is 1. The highest BCUT2D eigenvalue weighted by Gasteiger charge is 2.25. The van der Waals surface area contributed by atoms with Gasteiger partial charge in [0.2, 0.25) is 0 Å². The van der Waals surface area contributed by atoms with Crippen LogP contribution >= 0.6 is 11.5 Å². The molecule has 20 heavy (non-hydrogen) atoms. The van der Waals surface area contributed by atoms with Crippen LogP contribution in [0.3, 0.4) is 0 Å². The summed E-state index contributed by atoms with van der Waals surface area (Å²) >= 11 is 0.913. The highest BCUT2D eigenvalue weighted by molar-refractivity contribution is 7.11. The first-order valence-electron chi connectivity index (χ1n) is 5.44. The lowest BCUT2D eigenvalue weighted by Crippen LogP contribution is -2.28. The largest absolute Gasteiger partial charge is 0.478 e. The highest BCUT2D eigenvalue weighted by Crippen LogP contribution is 2.28. The maximum atomic E-state index is 12.2. The van der Waals surface area contributed by atoms with E-state index in [1.165, 1.54) is 13.2 Å². The summed E-state index contributed by atoms with van der Waals surface area (Å²) in [5.74, 6) is -1.69. The van der Waals surface area contributed by atoms with Gasteiger partial charge in [0, 0.05) is 13.2 Å². The van der Waals surface area contributed by atoms with E-state index in [-0.39, 0.29) is 16.3 Å². The fourth-order valence-corrected chi connectivity index (χ4v) is 2.40. The van der Waals surface area contributed by atoms with Gasteiger partial charge in [-0.05, 0) is 18.5 Å². The van der Waals surface area contributed by atoms with Crippen molar-refractivity contribution < 1.29 is 14.7 Å². The van der Waals surface area contributed by atoms with Crippen molar-refractivity contribution in [3.05, 3.63) is 39.7 Å². The van der Waals surface area contributed by atoms with E-state index in [0.717, 1.165) is 22.6 Å². The van der Waals surface area contributed by atoms with Crippen molar-refractivity contribution in [1.82, 2.24) is 14.3 Å². The molecule has 0 aliphatic rings. The molecule has 1 amide bonds. The number of H-pyrrole nitrogens is 1. The summed E-state index contributed by atoms with van der Waals surface area (Å²) < 4.78 is 3.94. The van der Waals surface area contributed by atoms with E-state index in [4.69, 9.17) is 5.11 Å². The van der Waals surface area contributed by atoms with E-state index in [2.05, 4.69) is 14.3 Å². The second kappa shape index (κ2) is 5.21. The lowest BCUT2D eigenvalue weighted by Gasteiger charge is -2.14. The van der Waals surface area contributed by atoms with Crippen molar-refractivity contribution in [3.8, 4) is 0 Å². The Morgan fingerprint density at radius 1 is 1.45 bits per heavy atom. The molecule has 0 fully saturated rings. The molecule has 2 N–H and O–H groups in total. The smallest absolute Gasteiger partial charge is 0.340 e. The molecule has 9 heteroatoms. The van der Waals surface area contributed by atoms with Crippen LogP contribution in [0.2, 0.25) is 0 Å². The minimum absolute atomic E-state index is 0.00879. The second-order valence-corrected chi connectivity index (χ2v) is 4.67. The first-order chi connectivity index (χ1) is 9.41. The molecule has 0 atom stereocenters. The molecule has 2 rings (SSSR count). The third-order valence-corrected chi connectivity index (χ3v) is 3.58. The van der Waals surface area contributed by atoms with Crippen LogP contribution in [0, 0.1) is 6.92 Å². The van der Waals surface area contributed by atoms with Crippen molar-refractivity contribution in [1.29, 1.82) is 0 Å². The number of aromatic carboxylic acids is 1. The van der Waals surface area contributed by atoms with Crippen LogP contribution in [0.1, 0.15) is 26.5 Å². The van der Waals surface area contributed by atoms with Crippen LogP contribution < -0.4 is 10.5 Å². The maximum absolute atomic E-state index is 12.2. The Labute approximate surface area is 116 Å². The van der Waals surface area contributed by atoms with Crippen molar-refractivity contribution in [3.63, 3.8) is 0 Å². The number of carboxylic acid groups (broad SMARTS) is 1. The molecule has 104 valence electrons. The molecule has 2 heterocycles. The summed E-state index contributed by atoms with van der Waals surface area (Å²) in [6.45, 7) is 1.56. The van der Waals surface area contributed by atoms with E-state index in [0.29, 0.717) is 5.69 Å². The predicted molar refractivity (Wildman–Crippen MR) is 71.4 cm³/mol. The zero-order valence-corrected chi connectivity index (χ0v) is 11.4. The van der Waals surface area contributed by atoms with Gasteiger partial charge in [-0.15, -0.1) is 0 Å². The number of aromatic nitrogens is 3. The van der Waals surface area contributed by atoms with Crippen LogP contribution in [-0.4, -0.2) is 38.4 Å². The standard InChI is InChI=1S/C11H10N4O4S/c1-5-8(11(18)19)10(20-14-5)15(2)9(17)6-3-13-7(16)4-12-6/h3-4H,1-2H3,(H,13,16)(H,18,19). The van der Waals surface area contributed by atoms with Gasteiger partial charge in [0.25, 0.3) is 11.5 Å². The third kappa shape index (κ3) is 2.43. The monoisotopic (exact) mass is 294 g/mol.